The highest BCUT2D eigenvalue weighted by molar-refractivity contribution is 6.88. The molecule has 0 atom stereocenters. The van der Waals surface area contributed by atoms with Crippen LogP contribution in [0.5, 0.6) is 0 Å². The zero-order chi connectivity index (χ0) is 23.4. The lowest BCUT2D eigenvalue weighted by Crippen LogP contribution is -2.46. The molecule has 21 heavy (non-hydrogen) atoms. The SMILES string of the molecule is [2H]C([2H])([2H])c1cc(C)c(-c2cc(C([2H])([2H])[2H])c([Si](C)(C)C)c[n+]2C)cc1C([2H])([2H])[2H]. The van der Waals surface area contributed by atoms with Crippen molar-refractivity contribution >= 4 is 13.3 Å². The fraction of sp³-hybridized carbons (Fsp3) is 0.421. The summed E-state index contributed by atoms with van der Waals surface area (Å²) in [7, 11) is -0.190. The second-order valence-corrected chi connectivity index (χ2v) is 11.6. The summed E-state index contributed by atoms with van der Waals surface area (Å²) in [6, 6.07) is 4.35. The van der Waals surface area contributed by atoms with Gasteiger partial charge in [-0.2, -0.15) is 0 Å². The zero-order valence-corrected chi connectivity index (χ0v) is 14.3. The van der Waals surface area contributed by atoms with Crippen LogP contribution in [0.2, 0.25) is 19.6 Å². The molecule has 0 aliphatic carbocycles. The van der Waals surface area contributed by atoms with Gasteiger partial charge in [-0.15, -0.1) is 0 Å². The predicted octanol–water partition coefficient (Wildman–Crippen LogP) is 3.96. The van der Waals surface area contributed by atoms with Crippen LogP contribution in [0.1, 0.15) is 34.6 Å². The average Bonchev–Trinajstić information content (AvgIpc) is 2.50. The number of rotatable bonds is 2. The number of nitrogens with zero attached hydrogens (tertiary/aromatic N) is 1. The Morgan fingerprint density at radius 1 is 0.905 bits per heavy atom. The van der Waals surface area contributed by atoms with Crippen molar-refractivity contribution < 1.29 is 16.9 Å². The van der Waals surface area contributed by atoms with Crippen LogP contribution in [0.4, 0.5) is 0 Å². The van der Waals surface area contributed by atoms with E-state index >= 15 is 0 Å². The number of benzene rings is 1. The topological polar surface area (TPSA) is 3.88 Å². The summed E-state index contributed by atoms with van der Waals surface area (Å²) in [4.78, 5) is 0. The lowest BCUT2D eigenvalue weighted by atomic mass is 9.97. The molecule has 1 heterocycles. The molecule has 2 aromatic rings. The molecule has 0 aliphatic rings. The van der Waals surface area contributed by atoms with Crippen molar-refractivity contribution in [2.45, 2.75) is 47.1 Å². The van der Waals surface area contributed by atoms with Crippen molar-refractivity contribution in [3.8, 4) is 11.3 Å². The maximum atomic E-state index is 8.02. The Hall–Kier alpha value is -1.41. The van der Waals surface area contributed by atoms with Gasteiger partial charge in [0.1, 0.15) is 7.05 Å². The molecule has 1 aromatic heterocycles. The van der Waals surface area contributed by atoms with Crippen molar-refractivity contribution in [3.63, 3.8) is 0 Å². The van der Waals surface area contributed by atoms with E-state index in [1.807, 2.05) is 6.20 Å². The second kappa shape index (κ2) is 5.41. The molecule has 1 aromatic carbocycles. The second-order valence-electron chi connectivity index (χ2n) is 6.56. The Morgan fingerprint density at radius 2 is 1.52 bits per heavy atom. The molecule has 112 valence electrons. The molecule has 0 fully saturated rings. The van der Waals surface area contributed by atoms with E-state index in [1.54, 1.807) is 24.6 Å². The molecule has 1 nitrogen and oxygen atoms in total. The summed E-state index contributed by atoms with van der Waals surface area (Å²) in [5, 5.41) is 0.807. The first-order valence-corrected chi connectivity index (χ1v) is 10.4. The summed E-state index contributed by atoms with van der Waals surface area (Å²) in [5.41, 5.74) is 1.41. The van der Waals surface area contributed by atoms with E-state index in [1.165, 1.54) is 12.1 Å². The molecule has 0 spiro atoms. The standard InChI is InChI=1S/C19H28NSi/c1-13-9-15(3)17(10-14(13)2)18-11-16(4)19(12-20(18)5)21(6,7)8/h9-12H,1-8H3/q+1/i1D3,2D3,4D3. The predicted molar refractivity (Wildman–Crippen MR) is 95.0 cm³/mol. The van der Waals surface area contributed by atoms with Crippen molar-refractivity contribution in [3.05, 3.63) is 46.6 Å². The average molecular weight is 308 g/mol. The van der Waals surface area contributed by atoms with Gasteiger partial charge in [0.2, 0.25) is 5.69 Å². The van der Waals surface area contributed by atoms with Gasteiger partial charge in [0, 0.05) is 29.2 Å². The summed E-state index contributed by atoms with van der Waals surface area (Å²) in [6.45, 7) is 0.408. The van der Waals surface area contributed by atoms with Gasteiger partial charge < -0.3 is 0 Å². The smallest absolute Gasteiger partial charge is 0.201 e. The number of pyridine rings is 1. The molecule has 2 heteroatoms. The van der Waals surface area contributed by atoms with Crippen LogP contribution >= 0.6 is 0 Å². The number of aryl methyl sites for hydroxylation is 5. The van der Waals surface area contributed by atoms with Gasteiger partial charge in [-0.05, 0) is 55.8 Å². The van der Waals surface area contributed by atoms with Gasteiger partial charge in [0.25, 0.3) is 0 Å². The molecule has 0 aliphatic heterocycles. The zero-order valence-electron chi connectivity index (χ0n) is 22.3. The van der Waals surface area contributed by atoms with Crippen LogP contribution in [0, 0.1) is 27.5 Å². The highest BCUT2D eigenvalue weighted by atomic mass is 28.3. The largest absolute Gasteiger partial charge is 0.212 e. The molecule has 0 N–H and O–H groups in total. The minimum Gasteiger partial charge on any atom is -0.201 e. The monoisotopic (exact) mass is 307 g/mol. The van der Waals surface area contributed by atoms with E-state index in [9.17, 15) is 0 Å². The van der Waals surface area contributed by atoms with E-state index in [-0.39, 0.29) is 16.7 Å². The maximum Gasteiger partial charge on any atom is 0.212 e. The van der Waals surface area contributed by atoms with E-state index in [0.717, 1.165) is 5.19 Å². The Kier molecular flexibility index (Phi) is 1.99. The summed E-state index contributed by atoms with van der Waals surface area (Å²) in [5.74, 6) is 0. The van der Waals surface area contributed by atoms with Gasteiger partial charge in [-0.1, -0.05) is 25.7 Å². The van der Waals surface area contributed by atoms with Crippen LogP contribution in [-0.2, 0) is 7.05 Å². The van der Waals surface area contributed by atoms with Gasteiger partial charge in [0.05, 0.1) is 8.07 Å². The van der Waals surface area contributed by atoms with Gasteiger partial charge in [0.15, 0.2) is 6.20 Å². The van der Waals surface area contributed by atoms with Crippen LogP contribution in [0.15, 0.2) is 24.4 Å². The lowest BCUT2D eigenvalue weighted by Gasteiger charge is -2.18. The maximum absolute atomic E-state index is 8.02. The van der Waals surface area contributed by atoms with E-state index < -0.39 is 28.6 Å². The third-order valence-corrected chi connectivity index (χ3v) is 5.74. The van der Waals surface area contributed by atoms with E-state index in [4.69, 9.17) is 12.3 Å². The third kappa shape index (κ3) is 3.10. The Morgan fingerprint density at radius 3 is 2.10 bits per heavy atom. The van der Waals surface area contributed by atoms with Crippen LogP contribution < -0.4 is 9.75 Å². The van der Waals surface area contributed by atoms with Gasteiger partial charge >= 0.3 is 0 Å². The summed E-state index contributed by atoms with van der Waals surface area (Å²) < 4.78 is 72.5. The molecule has 2 rings (SSSR count). The third-order valence-electron chi connectivity index (χ3n) is 3.72. The first-order valence-electron chi connectivity index (χ1n) is 11.4. The first-order chi connectivity index (χ1) is 13.2. The summed E-state index contributed by atoms with van der Waals surface area (Å²) >= 11 is 0. The molecular weight excluding hydrogens is 270 g/mol. The molecular formula is C19H28NSi+. The van der Waals surface area contributed by atoms with Crippen LogP contribution in [0.25, 0.3) is 11.3 Å². The number of aromatic nitrogens is 1. The van der Waals surface area contributed by atoms with Crippen molar-refractivity contribution in [1.82, 2.24) is 0 Å². The molecule has 0 saturated carbocycles. The molecule has 0 amide bonds. The minimum atomic E-state index is -2.62. The van der Waals surface area contributed by atoms with Gasteiger partial charge in [-0.25, -0.2) is 4.57 Å². The number of hydrogen-bond donors (Lipinski definition) is 0. The van der Waals surface area contributed by atoms with Crippen LogP contribution in [-0.4, -0.2) is 8.07 Å². The van der Waals surface area contributed by atoms with E-state index in [0.29, 0.717) is 16.8 Å². The summed E-state index contributed by atoms with van der Waals surface area (Å²) in [6.07, 6.45) is 1.81. The van der Waals surface area contributed by atoms with Crippen molar-refractivity contribution in [1.29, 1.82) is 0 Å². The minimum absolute atomic E-state index is 0.207. The Labute approximate surface area is 143 Å². The molecule has 0 saturated heterocycles. The lowest BCUT2D eigenvalue weighted by molar-refractivity contribution is -0.659. The quantitative estimate of drug-likeness (QED) is 0.584. The molecule has 0 bridgehead atoms. The fourth-order valence-electron chi connectivity index (χ4n) is 2.50. The normalized spacial score (nSPS) is 20.0. The number of hydrogen-bond acceptors (Lipinski definition) is 0. The highest BCUT2D eigenvalue weighted by Crippen LogP contribution is 2.24. The van der Waals surface area contributed by atoms with E-state index in [2.05, 4.69) is 19.6 Å². The fourth-order valence-corrected chi connectivity index (χ4v) is 3.96. The first kappa shape index (κ1) is 7.73. The van der Waals surface area contributed by atoms with Crippen molar-refractivity contribution in [2.24, 2.45) is 7.05 Å². The Bertz CT molecular complexity index is 885. The highest BCUT2D eigenvalue weighted by Gasteiger charge is 2.24. The van der Waals surface area contributed by atoms with Crippen molar-refractivity contribution in [2.75, 3.05) is 0 Å². The van der Waals surface area contributed by atoms with Crippen LogP contribution in [0.3, 0.4) is 0 Å². The molecule has 0 unspecified atom stereocenters. The molecule has 0 radical (unpaired) electrons. The Balaban J connectivity index is 2.91. The van der Waals surface area contributed by atoms with Gasteiger partial charge in [-0.3, -0.25) is 0 Å².